The normalized spacial score (nSPS) is 19.9. The number of nitrogens with zero attached hydrogens (tertiary/aromatic N) is 2. The molecule has 29 heavy (non-hydrogen) atoms. The Labute approximate surface area is 172 Å². The van der Waals surface area contributed by atoms with Gasteiger partial charge in [-0.25, -0.2) is 4.79 Å². The minimum Gasteiger partial charge on any atom is -0.465 e. The molecule has 0 spiro atoms. The summed E-state index contributed by atoms with van der Waals surface area (Å²) < 4.78 is 0. The average molecular weight is 396 g/mol. The highest BCUT2D eigenvalue weighted by Crippen LogP contribution is 2.36. The summed E-state index contributed by atoms with van der Waals surface area (Å²) in [5.41, 5.74) is 2.71. The van der Waals surface area contributed by atoms with E-state index in [1.54, 1.807) is 6.20 Å². The molecule has 0 saturated heterocycles. The Bertz CT molecular complexity index is 904. The first kappa shape index (κ1) is 20.8. The minimum atomic E-state index is -0.965. The first-order valence-electron chi connectivity index (χ1n) is 10.1. The molecule has 6 heteroatoms. The third kappa shape index (κ3) is 4.58. The molecule has 2 heterocycles. The number of carbonyl (C=O) groups excluding carboxylic acids is 1. The fourth-order valence-electron chi connectivity index (χ4n) is 3.94. The maximum atomic E-state index is 12.7. The lowest BCUT2D eigenvalue weighted by atomic mass is 9.92. The Morgan fingerprint density at radius 3 is 2.62 bits per heavy atom. The molecule has 0 saturated carbocycles. The van der Waals surface area contributed by atoms with Crippen LogP contribution in [0.1, 0.15) is 58.7 Å². The van der Waals surface area contributed by atoms with Crippen molar-refractivity contribution in [3.63, 3.8) is 0 Å². The molecular weight excluding hydrogens is 366 g/mol. The number of aromatic nitrogens is 1. The van der Waals surface area contributed by atoms with Crippen molar-refractivity contribution in [1.29, 1.82) is 0 Å². The highest BCUT2D eigenvalue weighted by atomic mass is 16.4. The Kier molecular flexibility index (Phi) is 5.91. The first-order valence-corrected chi connectivity index (χ1v) is 10.1. The number of benzene rings is 1. The Balaban J connectivity index is 2.15. The monoisotopic (exact) mass is 395 g/mol. The second-order valence-corrected chi connectivity index (χ2v) is 8.68. The van der Waals surface area contributed by atoms with E-state index in [9.17, 15) is 14.7 Å². The van der Waals surface area contributed by atoms with E-state index < -0.39 is 11.6 Å². The van der Waals surface area contributed by atoms with E-state index in [1.165, 1.54) is 4.90 Å². The Morgan fingerprint density at radius 1 is 1.21 bits per heavy atom. The van der Waals surface area contributed by atoms with E-state index in [0.29, 0.717) is 12.8 Å². The number of rotatable bonds is 1. The Hall–Kier alpha value is -2.89. The minimum absolute atomic E-state index is 0.0187. The van der Waals surface area contributed by atoms with E-state index in [-0.39, 0.29) is 17.9 Å². The van der Waals surface area contributed by atoms with Gasteiger partial charge in [-0.3, -0.25) is 14.7 Å². The van der Waals surface area contributed by atoms with Gasteiger partial charge in [0.2, 0.25) is 5.91 Å². The first-order chi connectivity index (χ1) is 13.7. The SMILES string of the molecule is C[C@@H]1CCC[C@H](N(C(=O)O)C(C)(C)C)c2cc(ccn2)-c2ccccc2NC1=O. The molecule has 1 aliphatic rings. The quantitative estimate of drug-likeness (QED) is 0.684. The summed E-state index contributed by atoms with van der Waals surface area (Å²) >= 11 is 0. The zero-order valence-corrected chi connectivity index (χ0v) is 17.5. The molecule has 1 aromatic heterocycles. The summed E-state index contributed by atoms with van der Waals surface area (Å²) in [6, 6.07) is 11.1. The van der Waals surface area contributed by atoms with Gasteiger partial charge < -0.3 is 10.4 Å². The molecule has 0 radical (unpaired) electrons. The lowest BCUT2D eigenvalue weighted by Gasteiger charge is -2.39. The zero-order chi connectivity index (χ0) is 21.2. The van der Waals surface area contributed by atoms with Crippen LogP contribution < -0.4 is 5.32 Å². The van der Waals surface area contributed by atoms with Crippen LogP contribution in [-0.2, 0) is 4.79 Å². The molecule has 3 rings (SSSR count). The van der Waals surface area contributed by atoms with E-state index in [1.807, 2.05) is 64.1 Å². The van der Waals surface area contributed by atoms with Crippen LogP contribution in [0.4, 0.5) is 10.5 Å². The second-order valence-electron chi connectivity index (χ2n) is 8.68. The lowest BCUT2D eigenvalue weighted by Crippen LogP contribution is -2.47. The number of pyridine rings is 1. The van der Waals surface area contributed by atoms with Crippen molar-refractivity contribution >= 4 is 17.7 Å². The van der Waals surface area contributed by atoms with Crippen LogP contribution in [0.2, 0.25) is 0 Å². The molecule has 0 fully saturated rings. The number of hydrogen-bond donors (Lipinski definition) is 2. The second kappa shape index (κ2) is 8.23. The van der Waals surface area contributed by atoms with Gasteiger partial charge in [0.1, 0.15) is 0 Å². The molecule has 0 aliphatic carbocycles. The number of fused-ring (bicyclic) bond motifs is 4. The third-order valence-electron chi connectivity index (χ3n) is 5.42. The van der Waals surface area contributed by atoms with Crippen molar-refractivity contribution in [3.8, 4) is 11.1 Å². The predicted octanol–water partition coefficient (Wildman–Crippen LogP) is 5.33. The van der Waals surface area contributed by atoms with Gasteiger partial charge >= 0.3 is 6.09 Å². The van der Waals surface area contributed by atoms with Crippen molar-refractivity contribution in [3.05, 3.63) is 48.3 Å². The largest absolute Gasteiger partial charge is 0.465 e. The molecule has 1 aromatic carbocycles. The van der Waals surface area contributed by atoms with Crippen LogP contribution in [0.3, 0.4) is 0 Å². The topological polar surface area (TPSA) is 82.5 Å². The number of para-hydroxylation sites is 1. The standard InChI is InChI=1S/C23H29N3O3/c1-15-8-7-11-20(26(22(28)29)23(2,3)4)19-14-16(12-13-24-19)17-9-5-6-10-18(17)25-21(15)27/h5-6,9-10,12-15,20H,7-8,11H2,1-4H3,(H,25,27)(H,28,29)/t15-,20+/m1/s1. The number of anilines is 1. The number of carboxylic acid groups (broad SMARTS) is 1. The van der Waals surface area contributed by atoms with E-state index >= 15 is 0 Å². The molecule has 2 amide bonds. The molecule has 6 nitrogen and oxygen atoms in total. The van der Waals surface area contributed by atoms with Gasteiger partial charge in [0, 0.05) is 28.9 Å². The van der Waals surface area contributed by atoms with Gasteiger partial charge in [0.05, 0.1) is 11.7 Å². The fraction of sp³-hybridized carbons (Fsp3) is 0.435. The molecule has 1 aliphatic heterocycles. The maximum Gasteiger partial charge on any atom is 0.408 e. The smallest absolute Gasteiger partial charge is 0.408 e. The highest BCUT2D eigenvalue weighted by molar-refractivity contribution is 5.96. The van der Waals surface area contributed by atoms with Crippen molar-refractivity contribution in [2.75, 3.05) is 5.32 Å². The number of carbonyl (C=O) groups is 2. The van der Waals surface area contributed by atoms with Gasteiger partial charge in [-0.05, 0) is 57.4 Å². The summed E-state index contributed by atoms with van der Waals surface area (Å²) in [6.07, 6.45) is 2.77. The van der Waals surface area contributed by atoms with Crippen molar-refractivity contribution in [2.24, 2.45) is 5.92 Å². The van der Waals surface area contributed by atoms with Crippen LogP contribution >= 0.6 is 0 Å². The summed E-state index contributed by atoms with van der Waals surface area (Å²) in [5.74, 6) is -0.183. The van der Waals surface area contributed by atoms with Gasteiger partial charge in [-0.15, -0.1) is 0 Å². The molecule has 2 bridgehead atoms. The molecule has 154 valence electrons. The Morgan fingerprint density at radius 2 is 1.93 bits per heavy atom. The van der Waals surface area contributed by atoms with Crippen LogP contribution in [0.25, 0.3) is 11.1 Å². The van der Waals surface area contributed by atoms with Crippen LogP contribution in [0.5, 0.6) is 0 Å². The van der Waals surface area contributed by atoms with E-state index in [4.69, 9.17) is 0 Å². The zero-order valence-electron chi connectivity index (χ0n) is 17.5. The van der Waals surface area contributed by atoms with Gasteiger partial charge in [0.15, 0.2) is 0 Å². The number of nitrogens with one attached hydrogen (secondary N) is 1. The molecule has 2 aromatic rings. The maximum absolute atomic E-state index is 12.7. The summed E-state index contributed by atoms with van der Waals surface area (Å²) in [4.78, 5) is 30.9. The molecule has 2 atom stereocenters. The number of hydrogen-bond acceptors (Lipinski definition) is 3. The summed E-state index contributed by atoms with van der Waals surface area (Å²) in [5, 5.41) is 13.0. The van der Waals surface area contributed by atoms with Crippen molar-refractivity contribution in [2.45, 2.75) is 58.5 Å². The van der Waals surface area contributed by atoms with Crippen LogP contribution in [0, 0.1) is 5.92 Å². The average Bonchev–Trinajstić information content (AvgIpc) is 2.65. The fourth-order valence-corrected chi connectivity index (χ4v) is 3.94. The molecular formula is C23H29N3O3. The van der Waals surface area contributed by atoms with E-state index in [0.717, 1.165) is 28.9 Å². The lowest BCUT2D eigenvalue weighted by molar-refractivity contribution is -0.119. The van der Waals surface area contributed by atoms with Gasteiger partial charge in [-0.1, -0.05) is 31.5 Å². The molecule has 0 unspecified atom stereocenters. The van der Waals surface area contributed by atoms with Gasteiger partial charge in [0.25, 0.3) is 0 Å². The predicted molar refractivity (Wildman–Crippen MR) is 114 cm³/mol. The van der Waals surface area contributed by atoms with Crippen molar-refractivity contribution in [1.82, 2.24) is 9.88 Å². The van der Waals surface area contributed by atoms with Crippen LogP contribution in [0.15, 0.2) is 42.6 Å². The molecule has 2 N–H and O–H groups in total. The van der Waals surface area contributed by atoms with Gasteiger partial charge in [-0.2, -0.15) is 0 Å². The third-order valence-corrected chi connectivity index (χ3v) is 5.42. The highest BCUT2D eigenvalue weighted by Gasteiger charge is 2.35. The number of amides is 2. The van der Waals surface area contributed by atoms with Crippen molar-refractivity contribution < 1.29 is 14.7 Å². The van der Waals surface area contributed by atoms with E-state index in [2.05, 4.69) is 10.3 Å². The summed E-state index contributed by atoms with van der Waals surface area (Å²) in [6.45, 7) is 7.60. The van der Waals surface area contributed by atoms with Crippen LogP contribution in [-0.4, -0.2) is 32.5 Å². The summed E-state index contributed by atoms with van der Waals surface area (Å²) in [7, 11) is 0.